The summed E-state index contributed by atoms with van der Waals surface area (Å²) >= 11 is 0. The number of aliphatic hydroxyl groups excluding tert-OH is 2. The van der Waals surface area contributed by atoms with Gasteiger partial charge < -0.3 is 90.3 Å². The number of benzene rings is 1. The fraction of sp³-hybridized carbons (Fsp3) is 0.619. The standard InChI is InChI=1S/C62H90N13O14P.CN.Co.Fe/c1-29-20-39-40(21-30(29)2)75(28-70-39)57-52(84)53(41(27-76)87-57)89-90(85,86)88-31(3)26-69-49(83)18-19-59(8)37(22-46(66)80)56-62(11)61(10,25-48(68)82)36(14-17-45(65)79)51(74-62)33(5)55-60(9,24-47(67)81)34(12-15-43(63)77)38(71-55)23-42-58(6,7)35(13-16-44(64)78)50(72-42)32(4)54(59)73-56;1-2;;/h20-21,23,28,31,34-37,41,52-53,56-57,76,84H,12-19,22,24-27H2,1-11H3,(H15,63,64,65,66,67,68,69,71,72,73,74,77,78,79,80,81,82,83,85,86);;;/q;-1;+3;+2/p-2/t31?,34-,35-,36-,37+,41-,52-,53-,56-,57+,59-,60+,61+,62+;;;/m1.../s1. The van der Waals surface area contributed by atoms with E-state index >= 15 is 0 Å². The van der Waals surface area contributed by atoms with E-state index < -0.39 is 143 Å². The number of aliphatic hydroxyl groups is 2. The number of phosphoric acid groups is 1. The normalized spacial score (nSPS) is 32.8. The van der Waals surface area contributed by atoms with E-state index in [4.69, 9.17) is 80.3 Å². The van der Waals surface area contributed by atoms with Crippen LogP contribution < -0.4 is 44.6 Å². The number of aromatic nitrogens is 2. The van der Waals surface area contributed by atoms with Crippen molar-refractivity contribution in [1.29, 1.82) is 5.26 Å². The molecule has 15 atom stereocenters. The van der Waals surface area contributed by atoms with Gasteiger partial charge in [-0.25, -0.2) is 4.98 Å². The minimum atomic E-state index is -5.32. The molecular formula is C63H88CoFeN14O14P+2. The summed E-state index contributed by atoms with van der Waals surface area (Å²) in [5.41, 5.74) is 36.7. The van der Waals surface area contributed by atoms with Crippen LogP contribution in [0.1, 0.15) is 150 Å². The van der Waals surface area contributed by atoms with Gasteiger partial charge in [0.05, 0.1) is 30.1 Å². The van der Waals surface area contributed by atoms with Gasteiger partial charge in [0.1, 0.15) is 18.3 Å². The third-order valence-corrected chi connectivity index (χ3v) is 21.6. The van der Waals surface area contributed by atoms with Crippen molar-refractivity contribution in [2.75, 3.05) is 13.2 Å². The number of nitrogens with one attached hydrogen (secondary N) is 1. The van der Waals surface area contributed by atoms with Crippen LogP contribution in [0, 0.1) is 71.0 Å². The number of nitrogens with zero attached hydrogens (tertiary/aromatic N) is 7. The van der Waals surface area contributed by atoms with Crippen molar-refractivity contribution < 1.29 is 101 Å². The number of ether oxygens (including phenoxy) is 1. The number of hydrogen-bond acceptors (Lipinski definition) is 19. The molecule has 7 heterocycles. The summed E-state index contributed by atoms with van der Waals surface area (Å²) in [6.07, 6.45) is -4.79. The van der Waals surface area contributed by atoms with Crippen molar-refractivity contribution in [1.82, 2.24) is 14.9 Å². The molecule has 2 aromatic rings. The Labute approximate surface area is 568 Å². The number of rotatable bonds is 26. The molecule has 28 nitrogen and oxygen atoms in total. The Morgan fingerprint density at radius 3 is 1.95 bits per heavy atom. The molecule has 7 amide bonds. The predicted octanol–water partition coefficient (Wildman–Crippen LogP) is 3.41. The first kappa shape index (κ1) is 78.2. The second-order valence-electron chi connectivity index (χ2n) is 27.0. The summed E-state index contributed by atoms with van der Waals surface area (Å²) in [7, 11) is -5.32. The van der Waals surface area contributed by atoms with E-state index in [1.807, 2.05) is 80.5 Å². The van der Waals surface area contributed by atoms with Gasteiger partial charge in [-0.05, 0) is 118 Å². The maximum Gasteiger partial charge on any atom is 3.00 e. The third-order valence-electron chi connectivity index (χ3n) is 20.5. The van der Waals surface area contributed by atoms with Crippen LogP contribution in [0.15, 0.2) is 67.8 Å². The smallest absolute Gasteiger partial charge is 0.756 e. The summed E-state index contributed by atoms with van der Waals surface area (Å²) in [4.78, 5) is 128. The Morgan fingerprint density at radius 2 is 1.38 bits per heavy atom. The topological polar surface area (TPSA) is 489 Å². The van der Waals surface area contributed by atoms with E-state index in [0.29, 0.717) is 56.4 Å². The van der Waals surface area contributed by atoms with E-state index in [-0.39, 0.29) is 111 Å². The van der Waals surface area contributed by atoms with Crippen LogP contribution in [0.3, 0.4) is 0 Å². The van der Waals surface area contributed by atoms with Crippen LogP contribution in [0.4, 0.5) is 0 Å². The van der Waals surface area contributed by atoms with E-state index in [1.54, 1.807) is 6.92 Å². The Balaban J connectivity index is 0.00000396. The molecule has 1 aromatic heterocycles. The minimum absolute atomic E-state index is 0. The Kier molecular flexibility index (Phi) is 24.9. The number of allylic oxidation sites excluding steroid dienone is 6. The van der Waals surface area contributed by atoms with Gasteiger partial charge in [0, 0.05) is 114 Å². The quantitative estimate of drug-likeness (QED) is 0.0370. The van der Waals surface area contributed by atoms with Crippen LogP contribution >= 0.6 is 7.82 Å². The maximum absolute atomic E-state index is 14.4. The molecule has 8 rings (SSSR count). The number of hydrogen-bond donors (Lipinski definition) is 9. The molecule has 94 heavy (non-hydrogen) atoms. The van der Waals surface area contributed by atoms with Crippen molar-refractivity contribution in [2.24, 2.45) is 94.7 Å². The second kappa shape index (κ2) is 29.9. The number of imidazole rings is 1. The molecular weight excluding hydrogens is 1320 g/mol. The van der Waals surface area contributed by atoms with Crippen molar-refractivity contribution >= 4 is 77.3 Å². The number of aliphatic imine (C=N–C) groups is 3. The summed E-state index contributed by atoms with van der Waals surface area (Å²) < 4.78 is 31.9. The zero-order valence-corrected chi connectivity index (χ0v) is 57.8. The zero-order chi connectivity index (χ0) is 68.7. The fourth-order valence-corrected chi connectivity index (χ4v) is 16.4. The predicted molar refractivity (Wildman–Crippen MR) is 337 cm³/mol. The summed E-state index contributed by atoms with van der Waals surface area (Å²) in [5.74, 6) is -7.40. The van der Waals surface area contributed by atoms with Gasteiger partial charge >= 0.3 is 33.8 Å². The largest absolute Gasteiger partial charge is 3.00 e. The number of nitrogens with two attached hydrogens (primary N) is 6. The molecule has 6 aliphatic heterocycles. The molecule has 2 saturated heterocycles. The van der Waals surface area contributed by atoms with Gasteiger partial charge in [-0.1, -0.05) is 47.1 Å². The molecule has 15 N–H and O–H groups in total. The number of phosphoric ester groups is 1. The fourth-order valence-electron chi connectivity index (χ4n) is 15.3. The van der Waals surface area contributed by atoms with E-state index in [2.05, 4.69) is 10.3 Å². The zero-order valence-electron chi connectivity index (χ0n) is 54.8. The van der Waals surface area contributed by atoms with E-state index in [0.717, 1.165) is 11.1 Å². The second-order valence-corrected chi connectivity index (χ2v) is 28.3. The van der Waals surface area contributed by atoms with Gasteiger partial charge in [-0.15, -0.1) is 0 Å². The molecule has 8 bridgehead atoms. The molecule has 1 aromatic carbocycles. The molecule has 0 saturated carbocycles. The van der Waals surface area contributed by atoms with Gasteiger partial charge in [-0.3, -0.25) is 53.1 Å². The number of primary amides is 6. The van der Waals surface area contributed by atoms with Crippen LogP contribution in [-0.4, -0.2) is 127 Å². The third kappa shape index (κ3) is 15.2. The first-order valence-corrected chi connectivity index (χ1v) is 32.2. The average molecular weight is 1410 g/mol. The van der Waals surface area contributed by atoms with Gasteiger partial charge in [0.15, 0.2) is 6.23 Å². The molecule has 0 spiro atoms. The Hall–Kier alpha value is -6.48. The van der Waals surface area contributed by atoms with Gasteiger partial charge in [0.2, 0.25) is 41.4 Å². The SMILES string of the molecule is C/C1=C2N=C(/C=C3N=C(/C(C)=C4\[N-][C@@](C)([C@@H]5N=C1[C@](C)(CCC(=O)NCC(C)OP(=O)([O-])O[C@H]1[C@@H](O)[C@@H](n6cnc7cc(C)c(C)cc76)O[C@@H]1CO)[C@H]5CC(N)=O)[C@@](C)(CC(N)=O)[C@@H]4CCC(N)=O)[C@@](C)(CC(N)=O)[C@@H]\3CCC(N)=O)C(C)(C)[C@@H]/2CCC(N)=O.[C-]#N.[Co+3].[Fe+2]. The number of carbonyl (C=O) groups excluding carboxylic acids is 7. The first-order valence-electron chi connectivity index (χ1n) is 30.7. The molecule has 2 unspecified atom stereocenters. The summed E-state index contributed by atoms with van der Waals surface area (Å²) in [6.45, 7) is 23.7. The average Bonchev–Trinajstić information content (AvgIpc) is 1.53. The van der Waals surface area contributed by atoms with Crippen LogP contribution in [0.2, 0.25) is 0 Å². The van der Waals surface area contributed by atoms with E-state index in [9.17, 15) is 53.2 Å². The minimum Gasteiger partial charge on any atom is -0.756 e. The Bertz CT molecular complexity index is 3610. The van der Waals surface area contributed by atoms with Crippen LogP contribution in [0.5, 0.6) is 0 Å². The number of carbonyl (C=O) groups is 7. The van der Waals surface area contributed by atoms with Crippen molar-refractivity contribution in [3.05, 3.63) is 75.8 Å². The van der Waals surface area contributed by atoms with E-state index in [1.165, 1.54) is 17.8 Å². The molecule has 0 radical (unpaired) electrons. The maximum atomic E-state index is 14.4. The monoisotopic (exact) mass is 1410 g/mol. The van der Waals surface area contributed by atoms with Crippen LogP contribution in [-0.2, 0) is 85.8 Å². The molecule has 0 aliphatic carbocycles. The molecule has 2 fully saturated rings. The molecule has 6 aliphatic rings. The van der Waals surface area contributed by atoms with Crippen molar-refractivity contribution in [3.8, 4) is 0 Å². The van der Waals surface area contributed by atoms with Crippen molar-refractivity contribution in [3.63, 3.8) is 0 Å². The van der Waals surface area contributed by atoms with Crippen molar-refractivity contribution in [2.45, 2.75) is 189 Å². The first-order chi connectivity index (χ1) is 42.8. The number of amides is 7. The van der Waals surface area contributed by atoms with Gasteiger partial charge in [-0.2, -0.15) is 5.70 Å². The summed E-state index contributed by atoms with van der Waals surface area (Å²) in [6, 6.07) is 2.65. The Morgan fingerprint density at radius 1 is 0.809 bits per heavy atom. The van der Waals surface area contributed by atoms with Gasteiger partial charge in [0.25, 0.3) is 7.82 Å². The number of fused-ring (bicyclic) bond motifs is 7. The molecule has 514 valence electrons. The molecule has 31 heteroatoms. The van der Waals surface area contributed by atoms with Crippen LogP contribution in [0.25, 0.3) is 16.4 Å². The number of aryl methyl sites for hydroxylation is 2. The summed E-state index contributed by atoms with van der Waals surface area (Å²) in [5, 5.41) is 36.4.